The number of rotatable bonds is 8. The molecule has 2 aromatic heterocycles. The number of hydrogen-bond acceptors (Lipinski definition) is 8. The maximum absolute atomic E-state index is 14.9. The Hall–Kier alpha value is -3.31. The first-order valence-corrected chi connectivity index (χ1v) is 14.7. The van der Waals surface area contributed by atoms with Gasteiger partial charge in [-0.3, -0.25) is 10.1 Å². The Kier molecular flexibility index (Phi) is 9.57. The van der Waals surface area contributed by atoms with Crippen molar-refractivity contribution in [1.82, 2.24) is 20.2 Å². The monoisotopic (exact) mass is 569 g/mol. The molecular formula is C29H37F2N7OS. The highest BCUT2D eigenvalue weighted by atomic mass is 32.2. The highest BCUT2D eigenvalue weighted by Crippen LogP contribution is 2.47. The van der Waals surface area contributed by atoms with Gasteiger partial charge in [-0.15, -0.1) is 11.8 Å². The van der Waals surface area contributed by atoms with Gasteiger partial charge in [0.25, 0.3) is 0 Å². The molecule has 40 heavy (non-hydrogen) atoms. The summed E-state index contributed by atoms with van der Waals surface area (Å²) < 4.78 is 29.9. The van der Waals surface area contributed by atoms with E-state index in [9.17, 15) is 8.78 Å². The third-order valence-electron chi connectivity index (χ3n) is 6.87. The number of H-pyrrole nitrogens is 1. The summed E-state index contributed by atoms with van der Waals surface area (Å²) in [4.78, 5) is 15.8. The minimum absolute atomic E-state index is 0.0417. The van der Waals surface area contributed by atoms with Crippen molar-refractivity contribution in [3.8, 4) is 0 Å². The average Bonchev–Trinajstić information content (AvgIpc) is 3.66. The van der Waals surface area contributed by atoms with Gasteiger partial charge in [-0.05, 0) is 76.7 Å². The quantitative estimate of drug-likeness (QED) is 0.196. The van der Waals surface area contributed by atoms with Crippen LogP contribution in [0.15, 0.2) is 34.2 Å². The first kappa shape index (κ1) is 29.7. The Morgan fingerprint density at radius 3 is 2.30 bits per heavy atom. The fraction of sp³-hybridized carbons (Fsp3) is 0.448. The molecule has 0 spiro atoms. The topological polar surface area (TPSA) is 102 Å². The van der Waals surface area contributed by atoms with Crippen LogP contribution in [0.3, 0.4) is 0 Å². The van der Waals surface area contributed by atoms with Gasteiger partial charge in [-0.25, -0.2) is 13.8 Å². The molecular weight excluding hydrogens is 532 g/mol. The Bertz CT molecular complexity index is 1370. The summed E-state index contributed by atoms with van der Waals surface area (Å²) in [6, 6.07) is 4.48. The van der Waals surface area contributed by atoms with E-state index in [1.807, 2.05) is 32.9 Å². The van der Waals surface area contributed by atoms with E-state index >= 15 is 0 Å². The zero-order valence-electron chi connectivity index (χ0n) is 23.8. The van der Waals surface area contributed by atoms with Gasteiger partial charge in [0.15, 0.2) is 17.5 Å². The molecule has 3 N–H and O–H groups in total. The summed E-state index contributed by atoms with van der Waals surface area (Å²) in [6.45, 7) is 7.78. The number of aliphatic hydroxyl groups is 1. The van der Waals surface area contributed by atoms with Crippen LogP contribution >= 0.6 is 11.8 Å². The van der Waals surface area contributed by atoms with Crippen molar-refractivity contribution >= 4 is 46.9 Å². The molecule has 0 amide bonds. The number of aliphatic hydroxyl groups excluding tert-OH is 1. The number of nitrogens with zero attached hydrogens (tertiary/aromatic N) is 5. The van der Waals surface area contributed by atoms with E-state index in [0.29, 0.717) is 27.9 Å². The van der Waals surface area contributed by atoms with Crippen LogP contribution in [0.2, 0.25) is 0 Å². The zero-order valence-corrected chi connectivity index (χ0v) is 24.6. The molecule has 2 saturated carbocycles. The molecule has 11 heteroatoms. The minimum atomic E-state index is -0.682. The molecule has 0 atom stereocenters. The van der Waals surface area contributed by atoms with Crippen molar-refractivity contribution in [2.45, 2.75) is 70.3 Å². The molecule has 214 valence electrons. The second-order valence-corrected chi connectivity index (χ2v) is 11.1. The van der Waals surface area contributed by atoms with Crippen molar-refractivity contribution in [1.29, 1.82) is 0 Å². The van der Waals surface area contributed by atoms with Gasteiger partial charge in [0, 0.05) is 35.5 Å². The largest absolute Gasteiger partial charge is 0.393 e. The van der Waals surface area contributed by atoms with E-state index in [-0.39, 0.29) is 23.7 Å². The van der Waals surface area contributed by atoms with Crippen LogP contribution in [0, 0.1) is 24.5 Å². The lowest BCUT2D eigenvalue weighted by atomic mass is 9.84. The number of anilines is 4. The van der Waals surface area contributed by atoms with Gasteiger partial charge in [-0.2, -0.15) is 10.1 Å². The van der Waals surface area contributed by atoms with Crippen LogP contribution in [0.4, 0.5) is 32.1 Å². The van der Waals surface area contributed by atoms with E-state index in [2.05, 4.69) is 27.4 Å². The van der Waals surface area contributed by atoms with Crippen LogP contribution in [0.25, 0.3) is 5.70 Å². The molecule has 3 aromatic rings. The number of benzene rings is 1. The summed E-state index contributed by atoms with van der Waals surface area (Å²) in [7, 11) is 1.55. The second-order valence-electron chi connectivity index (χ2n) is 10.3. The van der Waals surface area contributed by atoms with Crippen molar-refractivity contribution in [2.75, 3.05) is 23.5 Å². The SMILES string of the molecule is CC1CC(O)C1.CC=N/C(=C\C)c1nc(N(C)c2c(F)cc(SC)cc2F)nc(Nc2cc(C)[nH]n2)c1C1CC1. The van der Waals surface area contributed by atoms with E-state index in [1.54, 1.807) is 19.5 Å². The van der Waals surface area contributed by atoms with Gasteiger partial charge >= 0.3 is 0 Å². The summed E-state index contributed by atoms with van der Waals surface area (Å²) >= 11 is 1.27. The lowest BCUT2D eigenvalue weighted by Crippen LogP contribution is -2.25. The first-order chi connectivity index (χ1) is 19.1. The van der Waals surface area contributed by atoms with E-state index < -0.39 is 11.6 Å². The lowest BCUT2D eigenvalue weighted by Gasteiger charge is -2.27. The van der Waals surface area contributed by atoms with Crippen molar-refractivity contribution in [3.05, 3.63) is 52.9 Å². The molecule has 0 radical (unpaired) electrons. The minimum Gasteiger partial charge on any atom is -0.393 e. The standard InChI is InChI=1S/C24H27F2N7S.C5H10O/c1-6-18(27-7-2)21-20(14-8-9-14)23(28-19-10-13(3)31-32-19)30-24(29-21)33(4)22-16(25)11-15(34-5)12-17(22)26;1-4-2-5(6)3-4/h6-7,10-12,14H,8-9H2,1-5H3,(H2,28,29,30,31,32);4-6H,2-3H2,1H3/b18-6-,27-7?;. The second kappa shape index (κ2) is 12.9. The van der Waals surface area contributed by atoms with Gasteiger partial charge in [0.1, 0.15) is 11.5 Å². The van der Waals surface area contributed by atoms with Gasteiger partial charge < -0.3 is 15.3 Å². The van der Waals surface area contributed by atoms with Crippen LogP contribution in [0.5, 0.6) is 0 Å². The van der Waals surface area contributed by atoms with Crippen LogP contribution in [-0.4, -0.2) is 50.9 Å². The Morgan fingerprint density at radius 1 is 1.18 bits per heavy atom. The molecule has 2 heterocycles. The molecule has 0 bridgehead atoms. The predicted molar refractivity (Wildman–Crippen MR) is 159 cm³/mol. The normalized spacial score (nSPS) is 18.8. The third-order valence-corrected chi connectivity index (χ3v) is 7.57. The van der Waals surface area contributed by atoms with Gasteiger partial charge in [0.2, 0.25) is 5.95 Å². The van der Waals surface area contributed by atoms with Gasteiger partial charge in [0.05, 0.1) is 17.5 Å². The molecule has 8 nitrogen and oxygen atoms in total. The number of aliphatic imine (C=N–C) groups is 1. The molecule has 2 fully saturated rings. The van der Waals surface area contributed by atoms with E-state index in [0.717, 1.165) is 42.9 Å². The summed E-state index contributed by atoms with van der Waals surface area (Å²) in [5, 5.41) is 19.1. The molecule has 2 aliphatic carbocycles. The fourth-order valence-corrected chi connectivity index (χ4v) is 5.05. The number of allylic oxidation sites excluding steroid dienone is 1. The third kappa shape index (κ3) is 6.87. The van der Waals surface area contributed by atoms with Crippen molar-refractivity contribution in [3.63, 3.8) is 0 Å². The van der Waals surface area contributed by atoms with E-state index in [4.69, 9.17) is 15.1 Å². The number of aromatic nitrogens is 4. The van der Waals surface area contributed by atoms with E-state index in [1.165, 1.54) is 28.8 Å². The maximum Gasteiger partial charge on any atom is 0.232 e. The molecule has 5 rings (SSSR count). The average molecular weight is 570 g/mol. The van der Waals surface area contributed by atoms with Crippen LogP contribution < -0.4 is 10.2 Å². The number of hydrogen-bond donors (Lipinski definition) is 3. The first-order valence-electron chi connectivity index (χ1n) is 13.5. The summed E-state index contributed by atoms with van der Waals surface area (Å²) in [6.07, 6.45) is 9.44. The Morgan fingerprint density at radius 2 is 1.85 bits per heavy atom. The molecule has 2 aliphatic rings. The van der Waals surface area contributed by atoms with Crippen molar-refractivity contribution in [2.24, 2.45) is 10.9 Å². The number of aromatic amines is 1. The predicted octanol–water partition coefficient (Wildman–Crippen LogP) is 7.13. The molecule has 1 aromatic carbocycles. The summed E-state index contributed by atoms with van der Waals surface area (Å²) in [5.41, 5.74) is 2.91. The number of halogens is 2. The Labute approximate surface area is 238 Å². The lowest BCUT2D eigenvalue weighted by molar-refractivity contribution is 0.0513. The zero-order chi connectivity index (χ0) is 29.0. The maximum atomic E-state index is 14.9. The molecule has 0 saturated heterocycles. The number of nitrogens with one attached hydrogen (secondary N) is 2. The highest BCUT2D eigenvalue weighted by Gasteiger charge is 2.33. The Balaban J connectivity index is 0.000000546. The van der Waals surface area contributed by atoms with Crippen LogP contribution in [-0.2, 0) is 0 Å². The van der Waals surface area contributed by atoms with Crippen molar-refractivity contribution < 1.29 is 13.9 Å². The number of thioether (sulfide) groups is 1. The smallest absolute Gasteiger partial charge is 0.232 e. The van der Waals surface area contributed by atoms with Gasteiger partial charge in [-0.1, -0.05) is 13.0 Å². The fourth-order valence-electron chi connectivity index (χ4n) is 4.61. The summed E-state index contributed by atoms with van der Waals surface area (Å²) in [5.74, 6) is 0.994. The molecule has 0 aliphatic heterocycles. The number of aryl methyl sites for hydroxylation is 1. The van der Waals surface area contributed by atoms with Crippen LogP contribution in [0.1, 0.15) is 69.3 Å². The highest BCUT2D eigenvalue weighted by molar-refractivity contribution is 7.98. The molecule has 0 unspecified atom stereocenters.